The number of non-ortho nitro benzene ring substituents is 1. The molecule has 0 bridgehead atoms. The summed E-state index contributed by atoms with van der Waals surface area (Å²) in [5.74, 6) is -0.527. The van der Waals surface area contributed by atoms with Gasteiger partial charge in [-0.3, -0.25) is 19.7 Å². The first-order chi connectivity index (χ1) is 16.0. The summed E-state index contributed by atoms with van der Waals surface area (Å²) in [6.45, 7) is 4.36. The highest BCUT2D eigenvalue weighted by Crippen LogP contribution is 2.37. The molecular weight excluding hydrogens is 438 g/mol. The van der Waals surface area contributed by atoms with E-state index in [1.807, 2.05) is 35.2 Å². The van der Waals surface area contributed by atoms with E-state index >= 15 is 0 Å². The third kappa shape index (κ3) is 4.70. The number of hydrogen-bond acceptors (Lipinski definition) is 5. The van der Waals surface area contributed by atoms with Crippen molar-refractivity contribution >= 4 is 28.8 Å². The van der Waals surface area contributed by atoms with Crippen molar-refractivity contribution in [3.05, 3.63) is 110 Å². The van der Waals surface area contributed by atoms with E-state index in [-0.39, 0.29) is 42.2 Å². The molecule has 0 fully saturated rings. The van der Waals surface area contributed by atoms with Gasteiger partial charge in [0.15, 0.2) is 0 Å². The zero-order valence-corrected chi connectivity index (χ0v) is 18.7. The molecule has 0 radical (unpaired) electrons. The third-order valence-electron chi connectivity index (χ3n) is 5.69. The summed E-state index contributed by atoms with van der Waals surface area (Å²) in [6, 6.07) is 17.2. The lowest BCUT2D eigenvalue weighted by Gasteiger charge is -2.37. The topological polar surface area (TPSA) is 83.8 Å². The molecule has 1 unspecified atom stereocenters. The number of fused-ring (bicyclic) bond motifs is 1. The van der Waals surface area contributed by atoms with Crippen molar-refractivity contribution in [1.29, 1.82) is 0 Å². The largest absolute Gasteiger partial charge is 0.330 e. The second-order valence-corrected chi connectivity index (χ2v) is 8.73. The number of nitro groups is 1. The normalized spacial score (nSPS) is 14.9. The molecule has 8 heteroatoms. The van der Waals surface area contributed by atoms with E-state index in [4.69, 9.17) is 0 Å². The Kier molecular flexibility index (Phi) is 6.65. The molecule has 0 spiro atoms. The average molecular weight is 462 g/mol. The minimum Gasteiger partial charge on any atom is -0.330 e. The number of thiophene rings is 1. The molecule has 1 aliphatic rings. The summed E-state index contributed by atoms with van der Waals surface area (Å²) >= 11 is 1.70. The van der Waals surface area contributed by atoms with Gasteiger partial charge >= 0.3 is 0 Å². The first-order valence-corrected chi connectivity index (χ1v) is 11.4. The predicted molar refractivity (Wildman–Crippen MR) is 127 cm³/mol. The van der Waals surface area contributed by atoms with Crippen molar-refractivity contribution in [2.24, 2.45) is 0 Å². The van der Waals surface area contributed by atoms with Gasteiger partial charge in [-0.1, -0.05) is 36.4 Å². The highest BCUT2D eigenvalue weighted by molar-refractivity contribution is 7.10. The molecular formula is C25H23N3O4S. The lowest BCUT2D eigenvalue weighted by atomic mass is 9.93. The Morgan fingerprint density at radius 3 is 2.55 bits per heavy atom. The van der Waals surface area contributed by atoms with Crippen LogP contribution in [-0.2, 0) is 11.2 Å². The number of nitrogens with zero attached hydrogens (tertiary/aromatic N) is 3. The van der Waals surface area contributed by atoms with Crippen LogP contribution in [0.15, 0.2) is 78.7 Å². The second kappa shape index (κ2) is 9.79. The summed E-state index contributed by atoms with van der Waals surface area (Å²) in [4.78, 5) is 41.5. The Morgan fingerprint density at radius 1 is 1.15 bits per heavy atom. The molecule has 33 heavy (non-hydrogen) atoms. The SMILES string of the molecule is C=CCN(CC(=O)N1CCc2sccc2C1c1ccccc1)C(=O)c1ccc([N+](=O)[O-])cc1. The molecule has 0 aliphatic carbocycles. The van der Waals surface area contributed by atoms with Crippen LogP contribution in [0, 0.1) is 10.1 Å². The molecule has 0 N–H and O–H groups in total. The highest BCUT2D eigenvalue weighted by atomic mass is 32.1. The van der Waals surface area contributed by atoms with Gasteiger partial charge in [0, 0.05) is 35.7 Å². The first-order valence-electron chi connectivity index (χ1n) is 10.5. The highest BCUT2D eigenvalue weighted by Gasteiger charge is 2.33. The number of benzene rings is 2. The smallest absolute Gasteiger partial charge is 0.269 e. The Morgan fingerprint density at radius 2 is 1.88 bits per heavy atom. The van der Waals surface area contributed by atoms with Crippen molar-refractivity contribution in [2.45, 2.75) is 12.5 Å². The fraction of sp³-hybridized carbons (Fsp3) is 0.200. The van der Waals surface area contributed by atoms with E-state index in [0.29, 0.717) is 6.54 Å². The van der Waals surface area contributed by atoms with Crippen LogP contribution < -0.4 is 0 Å². The van der Waals surface area contributed by atoms with Crippen molar-refractivity contribution < 1.29 is 14.5 Å². The molecule has 3 aromatic rings. The number of rotatable bonds is 7. The van der Waals surface area contributed by atoms with Gasteiger partial charge < -0.3 is 9.80 Å². The van der Waals surface area contributed by atoms with E-state index in [0.717, 1.165) is 17.5 Å². The Balaban J connectivity index is 1.58. The Hall–Kier alpha value is -3.78. The number of hydrogen-bond donors (Lipinski definition) is 0. The average Bonchev–Trinajstić information content (AvgIpc) is 3.32. The number of carbonyl (C=O) groups excluding carboxylic acids is 2. The summed E-state index contributed by atoms with van der Waals surface area (Å²) < 4.78 is 0. The standard InChI is InChI=1S/C25H23N3O4S/c1-2-14-26(25(30)19-8-10-20(11-9-19)28(31)32)17-23(29)27-15-12-22-21(13-16-33-22)24(27)18-6-4-3-5-7-18/h2-11,13,16,24H,1,12,14-15,17H2. The van der Waals surface area contributed by atoms with Gasteiger partial charge in [-0.2, -0.15) is 0 Å². The van der Waals surface area contributed by atoms with Crippen LogP contribution in [0.2, 0.25) is 0 Å². The zero-order chi connectivity index (χ0) is 23.4. The maximum absolute atomic E-state index is 13.5. The summed E-state index contributed by atoms with van der Waals surface area (Å²) in [7, 11) is 0. The van der Waals surface area contributed by atoms with Gasteiger partial charge in [-0.05, 0) is 41.1 Å². The molecule has 1 aliphatic heterocycles. The maximum Gasteiger partial charge on any atom is 0.269 e. The van der Waals surface area contributed by atoms with Gasteiger partial charge in [-0.25, -0.2) is 0 Å². The minimum absolute atomic E-state index is 0.0940. The van der Waals surface area contributed by atoms with Crippen LogP contribution in [0.5, 0.6) is 0 Å². The van der Waals surface area contributed by atoms with Crippen LogP contribution in [-0.4, -0.2) is 46.2 Å². The Bertz CT molecular complexity index is 1170. The zero-order valence-electron chi connectivity index (χ0n) is 17.9. The first kappa shape index (κ1) is 22.4. The molecule has 4 rings (SSSR count). The van der Waals surface area contributed by atoms with Gasteiger partial charge in [-0.15, -0.1) is 17.9 Å². The molecule has 2 heterocycles. The monoisotopic (exact) mass is 461 g/mol. The van der Waals surface area contributed by atoms with E-state index in [1.165, 1.54) is 34.0 Å². The summed E-state index contributed by atoms with van der Waals surface area (Å²) in [5.41, 5.74) is 2.35. The quantitative estimate of drug-likeness (QED) is 0.295. The van der Waals surface area contributed by atoms with Gasteiger partial charge in [0.1, 0.15) is 6.54 Å². The molecule has 1 aromatic heterocycles. The van der Waals surface area contributed by atoms with Gasteiger partial charge in [0.25, 0.3) is 11.6 Å². The van der Waals surface area contributed by atoms with Crippen LogP contribution in [0.25, 0.3) is 0 Å². The van der Waals surface area contributed by atoms with E-state index in [1.54, 1.807) is 17.4 Å². The third-order valence-corrected chi connectivity index (χ3v) is 6.69. The van der Waals surface area contributed by atoms with Crippen molar-refractivity contribution in [1.82, 2.24) is 9.80 Å². The lowest BCUT2D eigenvalue weighted by Crippen LogP contribution is -2.46. The number of carbonyl (C=O) groups is 2. The van der Waals surface area contributed by atoms with E-state index in [9.17, 15) is 19.7 Å². The molecule has 7 nitrogen and oxygen atoms in total. The van der Waals surface area contributed by atoms with E-state index in [2.05, 4.69) is 18.0 Å². The fourth-order valence-electron chi connectivity index (χ4n) is 4.12. The molecule has 0 saturated carbocycles. The summed E-state index contributed by atoms with van der Waals surface area (Å²) in [5, 5.41) is 13.0. The lowest BCUT2D eigenvalue weighted by molar-refractivity contribution is -0.384. The van der Waals surface area contributed by atoms with Gasteiger partial charge in [0.05, 0.1) is 11.0 Å². The van der Waals surface area contributed by atoms with Crippen LogP contribution >= 0.6 is 11.3 Å². The number of amides is 2. The molecule has 2 aromatic carbocycles. The fourth-order valence-corrected chi connectivity index (χ4v) is 5.02. The van der Waals surface area contributed by atoms with Crippen LogP contribution in [0.4, 0.5) is 5.69 Å². The molecule has 0 saturated heterocycles. The maximum atomic E-state index is 13.5. The summed E-state index contributed by atoms with van der Waals surface area (Å²) in [6.07, 6.45) is 2.35. The van der Waals surface area contributed by atoms with Crippen molar-refractivity contribution in [2.75, 3.05) is 19.6 Å². The predicted octanol–water partition coefficient (Wildman–Crippen LogP) is 4.46. The minimum atomic E-state index is -0.516. The van der Waals surface area contributed by atoms with Gasteiger partial charge in [0.2, 0.25) is 5.91 Å². The molecule has 2 amide bonds. The second-order valence-electron chi connectivity index (χ2n) is 7.73. The number of nitro benzene ring substituents is 1. The molecule has 1 atom stereocenters. The van der Waals surface area contributed by atoms with Crippen LogP contribution in [0.3, 0.4) is 0 Å². The van der Waals surface area contributed by atoms with E-state index < -0.39 is 4.92 Å². The Labute approximate surface area is 195 Å². The van der Waals surface area contributed by atoms with Crippen molar-refractivity contribution in [3.63, 3.8) is 0 Å². The van der Waals surface area contributed by atoms with Crippen molar-refractivity contribution in [3.8, 4) is 0 Å². The van der Waals surface area contributed by atoms with Crippen LogP contribution in [0.1, 0.15) is 32.4 Å². The molecule has 168 valence electrons.